The molecule has 1 fully saturated rings. The number of aryl methyl sites for hydroxylation is 2. The first-order valence-electron chi connectivity index (χ1n) is 6.29. The summed E-state index contributed by atoms with van der Waals surface area (Å²) in [6.45, 7) is 6.02. The number of hydrogen-bond acceptors (Lipinski definition) is 2. The van der Waals surface area contributed by atoms with E-state index in [1.807, 2.05) is 0 Å². The zero-order valence-electron chi connectivity index (χ0n) is 10.3. The number of hydrogen-bond donors (Lipinski definition) is 2. The highest BCUT2D eigenvalue weighted by Crippen LogP contribution is 2.41. The molecule has 1 aromatic carbocycles. The minimum atomic E-state index is 0.109. The van der Waals surface area contributed by atoms with E-state index < -0.39 is 0 Å². The predicted molar refractivity (Wildman–Crippen MR) is 68.3 cm³/mol. The van der Waals surface area contributed by atoms with Crippen molar-refractivity contribution in [3.8, 4) is 0 Å². The Labute approximate surface area is 102 Å². The average molecular weight is 230 g/mol. The van der Waals surface area contributed by atoms with E-state index in [-0.39, 0.29) is 11.8 Å². The summed E-state index contributed by atoms with van der Waals surface area (Å²) >= 11 is 0. The molecular formula is C14H18N2O. The Morgan fingerprint density at radius 3 is 2.88 bits per heavy atom. The van der Waals surface area contributed by atoms with Crippen molar-refractivity contribution < 1.29 is 4.79 Å². The first kappa shape index (κ1) is 10.8. The molecule has 0 saturated carbocycles. The van der Waals surface area contributed by atoms with Crippen LogP contribution in [0.25, 0.3) is 0 Å². The van der Waals surface area contributed by atoms with Crippen LogP contribution in [0.3, 0.4) is 0 Å². The summed E-state index contributed by atoms with van der Waals surface area (Å²) in [4.78, 5) is 12.1. The van der Waals surface area contributed by atoms with Crippen molar-refractivity contribution >= 4 is 11.6 Å². The van der Waals surface area contributed by atoms with Crippen molar-refractivity contribution in [2.75, 3.05) is 18.4 Å². The smallest absolute Gasteiger partial charge is 0.229 e. The highest BCUT2D eigenvalue weighted by Gasteiger charge is 2.37. The number of amides is 1. The van der Waals surface area contributed by atoms with Crippen molar-refractivity contribution in [3.63, 3.8) is 0 Å². The number of benzene rings is 1. The monoisotopic (exact) mass is 230 g/mol. The number of nitrogens with one attached hydrogen (secondary N) is 2. The normalized spacial score (nSPS) is 27.1. The van der Waals surface area contributed by atoms with Crippen LogP contribution >= 0.6 is 0 Å². The van der Waals surface area contributed by atoms with Crippen LogP contribution in [0.4, 0.5) is 5.69 Å². The van der Waals surface area contributed by atoms with Crippen LogP contribution < -0.4 is 10.6 Å². The van der Waals surface area contributed by atoms with Gasteiger partial charge in [-0.1, -0.05) is 17.7 Å². The van der Waals surface area contributed by atoms with E-state index in [2.05, 4.69) is 36.6 Å². The third-order valence-corrected chi connectivity index (χ3v) is 3.98. The molecule has 0 aliphatic carbocycles. The van der Waals surface area contributed by atoms with E-state index in [9.17, 15) is 4.79 Å². The number of anilines is 1. The summed E-state index contributed by atoms with van der Waals surface area (Å²) in [5.41, 5.74) is 4.87. The number of piperidine rings is 1. The van der Waals surface area contributed by atoms with Gasteiger partial charge in [0.05, 0.1) is 5.92 Å². The van der Waals surface area contributed by atoms with Crippen molar-refractivity contribution in [2.24, 2.45) is 5.92 Å². The second kappa shape index (κ2) is 3.84. The summed E-state index contributed by atoms with van der Waals surface area (Å²) < 4.78 is 0. The molecule has 2 N–H and O–H groups in total. The molecular weight excluding hydrogens is 212 g/mol. The summed E-state index contributed by atoms with van der Waals surface area (Å²) in [5.74, 6) is 0.692. The first-order chi connectivity index (χ1) is 8.16. The lowest BCUT2D eigenvalue weighted by molar-refractivity contribution is -0.121. The van der Waals surface area contributed by atoms with E-state index in [1.54, 1.807) is 0 Å². The lowest BCUT2D eigenvalue weighted by Crippen LogP contribution is -2.45. The molecule has 17 heavy (non-hydrogen) atoms. The maximum Gasteiger partial charge on any atom is 0.229 e. The maximum atomic E-state index is 12.1. The largest absolute Gasteiger partial charge is 0.325 e. The van der Waals surface area contributed by atoms with E-state index in [4.69, 9.17) is 0 Å². The van der Waals surface area contributed by atoms with Gasteiger partial charge in [-0.05, 0) is 43.9 Å². The molecule has 3 rings (SSSR count). The molecule has 2 heterocycles. The summed E-state index contributed by atoms with van der Waals surface area (Å²) in [7, 11) is 0. The molecule has 1 saturated heterocycles. The SMILES string of the molecule is Cc1cc(C)c2c(c1)C1CCNCC1C(=O)N2. The van der Waals surface area contributed by atoms with Gasteiger partial charge < -0.3 is 10.6 Å². The topological polar surface area (TPSA) is 41.1 Å². The van der Waals surface area contributed by atoms with Gasteiger partial charge in [0.1, 0.15) is 0 Å². The second-order valence-electron chi connectivity index (χ2n) is 5.24. The van der Waals surface area contributed by atoms with E-state index >= 15 is 0 Å². The Morgan fingerprint density at radius 1 is 1.24 bits per heavy atom. The van der Waals surface area contributed by atoms with Gasteiger partial charge in [0.2, 0.25) is 5.91 Å². The van der Waals surface area contributed by atoms with Gasteiger partial charge in [0.15, 0.2) is 0 Å². The summed E-state index contributed by atoms with van der Waals surface area (Å²) in [6.07, 6.45) is 1.06. The van der Waals surface area contributed by atoms with Crippen LogP contribution in [0.5, 0.6) is 0 Å². The maximum absolute atomic E-state index is 12.1. The number of fused-ring (bicyclic) bond motifs is 3. The predicted octanol–water partition coefficient (Wildman–Crippen LogP) is 1.95. The Balaban J connectivity index is 2.13. The molecule has 2 atom stereocenters. The van der Waals surface area contributed by atoms with Gasteiger partial charge in [0.25, 0.3) is 0 Å². The third kappa shape index (κ3) is 1.65. The van der Waals surface area contributed by atoms with Gasteiger partial charge in [-0.25, -0.2) is 0 Å². The molecule has 3 nitrogen and oxygen atoms in total. The van der Waals surface area contributed by atoms with Crippen molar-refractivity contribution in [1.29, 1.82) is 0 Å². The Morgan fingerprint density at radius 2 is 2.06 bits per heavy atom. The minimum Gasteiger partial charge on any atom is -0.325 e. The molecule has 2 aliphatic heterocycles. The van der Waals surface area contributed by atoms with E-state index in [0.717, 1.165) is 25.2 Å². The standard InChI is InChI=1S/C14H18N2O/c1-8-5-9(2)13-11(6-8)10-3-4-15-7-12(10)14(17)16-13/h5-6,10,12,15H,3-4,7H2,1-2H3,(H,16,17). The number of carbonyl (C=O) groups excluding carboxylic acids is 1. The van der Waals surface area contributed by atoms with E-state index in [0.29, 0.717) is 5.92 Å². The fraction of sp³-hybridized carbons (Fsp3) is 0.500. The molecule has 2 unspecified atom stereocenters. The molecule has 0 radical (unpaired) electrons. The molecule has 0 aromatic heterocycles. The Hall–Kier alpha value is -1.35. The van der Waals surface area contributed by atoms with Crippen molar-refractivity contribution in [1.82, 2.24) is 5.32 Å². The molecule has 1 aromatic rings. The highest BCUT2D eigenvalue weighted by atomic mass is 16.2. The first-order valence-corrected chi connectivity index (χ1v) is 6.29. The number of rotatable bonds is 0. The minimum absolute atomic E-state index is 0.109. The number of carbonyl (C=O) groups is 1. The fourth-order valence-electron chi connectivity index (χ4n) is 3.19. The van der Waals surface area contributed by atoms with Crippen molar-refractivity contribution in [2.45, 2.75) is 26.2 Å². The van der Waals surface area contributed by atoms with Crippen molar-refractivity contribution in [3.05, 3.63) is 28.8 Å². The summed E-state index contributed by atoms with van der Waals surface area (Å²) in [5, 5.41) is 6.39. The van der Waals surface area contributed by atoms with Crippen LogP contribution in [-0.4, -0.2) is 19.0 Å². The zero-order valence-corrected chi connectivity index (χ0v) is 10.3. The van der Waals surface area contributed by atoms with Crippen LogP contribution in [0.1, 0.15) is 29.0 Å². The van der Waals surface area contributed by atoms with Gasteiger partial charge >= 0.3 is 0 Å². The fourth-order valence-corrected chi connectivity index (χ4v) is 3.19. The van der Waals surface area contributed by atoms with Crippen LogP contribution in [0.2, 0.25) is 0 Å². The third-order valence-electron chi connectivity index (χ3n) is 3.98. The Kier molecular flexibility index (Phi) is 2.44. The average Bonchev–Trinajstić information content (AvgIpc) is 2.31. The second-order valence-corrected chi connectivity index (χ2v) is 5.24. The Bertz CT molecular complexity index is 481. The van der Waals surface area contributed by atoms with Crippen LogP contribution in [0.15, 0.2) is 12.1 Å². The van der Waals surface area contributed by atoms with Gasteiger partial charge in [-0.2, -0.15) is 0 Å². The zero-order chi connectivity index (χ0) is 12.0. The van der Waals surface area contributed by atoms with Gasteiger partial charge in [0, 0.05) is 12.2 Å². The van der Waals surface area contributed by atoms with Crippen LogP contribution in [-0.2, 0) is 4.79 Å². The van der Waals surface area contributed by atoms with Crippen LogP contribution in [0, 0.1) is 19.8 Å². The molecule has 1 amide bonds. The molecule has 90 valence electrons. The van der Waals surface area contributed by atoms with Gasteiger partial charge in [-0.3, -0.25) is 4.79 Å². The lowest BCUT2D eigenvalue weighted by atomic mass is 9.76. The quantitative estimate of drug-likeness (QED) is 0.715. The molecule has 0 bridgehead atoms. The van der Waals surface area contributed by atoms with E-state index in [1.165, 1.54) is 16.7 Å². The van der Waals surface area contributed by atoms with Gasteiger partial charge in [-0.15, -0.1) is 0 Å². The highest BCUT2D eigenvalue weighted by molar-refractivity contribution is 5.97. The molecule has 0 spiro atoms. The molecule has 3 heteroatoms. The molecule has 2 aliphatic rings. The summed E-state index contributed by atoms with van der Waals surface area (Å²) in [6, 6.07) is 4.38. The lowest BCUT2D eigenvalue weighted by Gasteiger charge is -2.37.